The van der Waals surface area contributed by atoms with E-state index in [0.29, 0.717) is 22.9 Å². The highest BCUT2D eigenvalue weighted by molar-refractivity contribution is 5.65. The van der Waals surface area contributed by atoms with Crippen molar-refractivity contribution in [2.75, 3.05) is 16.1 Å². The average Bonchev–Trinajstić information content (AvgIpc) is 2.87. The van der Waals surface area contributed by atoms with E-state index in [2.05, 4.69) is 22.1 Å². The van der Waals surface area contributed by atoms with Gasteiger partial charge in [0.25, 0.3) is 0 Å². The van der Waals surface area contributed by atoms with Crippen LogP contribution in [0.25, 0.3) is 0 Å². The molecule has 4 rings (SSSR count). The maximum absolute atomic E-state index is 13.1. The van der Waals surface area contributed by atoms with Gasteiger partial charge in [-0.05, 0) is 87.8 Å². The van der Waals surface area contributed by atoms with Gasteiger partial charge >= 0.3 is 0 Å². The van der Waals surface area contributed by atoms with Crippen LogP contribution in [0.3, 0.4) is 0 Å². The van der Waals surface area contributed by atoms with Gasteiger partial charge in [-0.3, -0.25) is 5.84 Å². The maximum atomic E-state index is 13.1. The normalized spacial score (nSPS) is 23.6. The summed E-state index contributed by atoms with van der Waals surface area (Å²) in [5, 5.41) is 43.4. The summed E-state index contributed by atoms with van der Waals surface area (Å²) in [5.74, 6) is 5.02. The highest BCUT2D eigenvalue weighted by Crippen LogP contribution is 2.26. The smallest absolute Gasteiger partial charge is 0.125 e. The molecule has 186 valence electrons. The average molecular weight is 481 g/mol. The van der Waals surface area contributed by atoms with E-state index in [1.165, 1.54) is 18.2 Å². The van der Waals surface area contributed by atoms with Crippen LogP contribution in [-0.2, 0) is 0 Å². The van der Waals surface area contributed by atoms with Crippen LogP contribution in [0.1, 0.15) is 62.5 Å². The predicted octanol–water partition coefficient (Wildman–Crippen LogP) is 3.97. The summed E-state index contributed by atoms with van der Waals surface area (Å²) in [6.45, 7) is 0. The molecule has 35 heavy (non-hydrogen) atoms. The lowest BCUT2D eigenvalue weighted by Crippen LogP contribution is -2.28. The number of nitrogens with two attached hydrogens (primary N) is 1. The molecule has 0 amide bonds. The second kappa shape index (κ2) is 12.9. The fraction of sp³-hybridized carbons (Fsp3) is 0.462. The van der Waals surface area contributed by atoms with Crippen LogP contribution >= 0.6 is 0 Å². The Bertz CT molecular complexity index is 1050. The van der Waals surface area contributed by atoms with E-state index in [9.17, 15) is 14.6 Å². The van der Waals surface area contributed by atoms with Gasteiger partial charge in [0, 0.05) is 12.1 Å². The van der Waals surface area contributed by atoms with E-state index < -0.39 is 0 Å². The third-order valence-electron chi connectivity index (χ3n) is 6.52. The topological polar surface area (TPSA) is 150 Å². The molecule has 7 N–H and O–H groups in total. The minimum absolute atomic E-state index is 0.171. The Kier molecular flexibility index (Phi) is 9.68. The van der Waals surface area contributed by atoms with Crippen molar-refractivity contribution in [1.29, 1.82) is 10.5 Å². The van der Waals surface area contributed by atoms with Crippen molar-refractivity contribution in [3.63, 3.8) is 0 Å². The first-order valence-electron chi connectivity index (χ1n) is 12.0. The number of nitrogens with zero attached hydrogens (tertiary/aromatic N) is 2. The maximum Gasteiger partial charge on any atom is 0.125 e. The van der Waals surface area contributed by atoms with E-state index in [-0.39, 0.29) is 24.1 Å². The monoisotopic (exact) mass is 480 g/mol. The molecule has 0 aromatic heterocycles. The quantitative estimate of drug-likeness (QED) is 0.278. The van der Waals surface area contributed by atoms with E-state index in [1.54, 1.807) is 12.1 Å². The molecule has 0 saturated heterocycles. The Morgan fingerprint density at radius 2 is 1.20 bits per heavy atom. The standard InChI is InChI=1S/C13H15FN2O.C13H18N4O/c14-10-2-1-9(8-15)13(7-10)16-11-3-5-12(17)6-4-11;14-8-9-1-2-11(17-15)7-13(9)16-10-3-5-12(18)6-4-10/h1-2,7,11-12,16-17H,3-6H2;1-2,7,10,12,16-18H,3-6,15H2. The van der Waals surface area contributed by atoms with Crippen LogP contribution in [0, 0.1) is 28.5 Å². The third kappa shape index (κ3) is 7.83. The largest absolute Gasteiger partial charge is 0.393 e. The first-order chi connectivity index (χ1) is 16.9. The summed E-state index contributed by atoms with van der Waals surface area (Å²) in [7, 11) is 0. The molecule has 9 heteroatoms. The molecular formula is C26H33FN6O2. The Labute approximate surface area is 205 Å². The predicted molar refractivity (Wildman–Crippen MR) is 134 cm³/mol. The van der Waals surface area contributed by atoms with E-state index in [4.69, 9.17) is 16.4 Å². The van der Waals surface area contributed by atoms with Crippen LogP contribution in [0.4, 0.5) is 21.5 Å². The Balaban J connectivity index is 0.000000196. The van der Waals surface area contributed by atoms with Gasteiger partial charge in [0.15, 0.2) is 0 Å². The minimum atomic E-state index is -0.345. The zero-order chi connectivity index (χ0) is 25.2. The SMILES string of the molecule is N#Cc1ccc(F)cc1NC1CCC(O)CC1.N#Cc1ccc(NN)cc1NC1CCC(O)CC1. The van der Waals surface area contributed by atoms with Crippen molar-refractivity contribution in [1.82, 2.24) is 0 Å². The van der Waals surface area contributed by atoms with Crippen molar-refractivity contribution in [3.8, 4) is 12.1 Å². The summed E-state index contributed by atoms with van der Waals surface area (Å²) >= 11 is 0. The fourth-order valence-electron chi connectivity index (χ4n) is 4.46. The molecule has 0 bridgehead atoms. The van der Waals surface area contributed by atoms with Gasteiger partial charge in [0.05, 0.1) is 40.4 Å². The summed E-state index contributed by atoms with van der Waals surface area (Å²) in [6.07, 6.45) is 6.31. The van der Waals surface area contributed by atoms with E-state index >= 15 is 0 Å². The molecule has 0 aliphatic heterocycles. The molecule has 0 radical (unpaired) electrons. The Morgan fingerprint density at radius 1 is 0.743 bits per heavy atom. The molecule has 0 unspecified atom stereocenters. The van der Waals surface area contributed by atoms with Gasteiger partial charge in [-0.1, -0.05) is 0 Å². The highest BCUT2D eigenvalue weighted by Gasteiger charge is 2.21. The number of hydrogen-bond acceptors (Lipinski definition) is 8. The van der Waals surface area contributed by atoms with Crippen molar-refractivity contribution in [2.45, 2.75) is 75.7 Å². The third-order valence-corrected chi connectivity index (χ3v) is 6.52. The number of benzene rings is 2. The molecule has 8 nitrogen and oxygen atoms in total. The van der Waals surface area contributed by atoms with Crippen LogP contribution in [-0.4, -0.2) is 34.5 Å². The summed E-state index contributed by atoms with van der Waals surface area (Å²) in [5.41, 5.74) is 5.76. The van der Waals surface area contributed by atoms with Crippen molar-refractivity contribution in [2.24, 2.45) is 5.84 Å². The fourth-order valence-corrected chi connectivity index (χ4v) is 4.46. The van der Waals surface area contributed by atoms with E-state index in [0.717, 1.165) is 62.7 Å². The molecule has 0 atom stereocenters. The Morgan fingerprint density at radius 3 is 1.66 bits per heavy atom. The summed E-state index contributed by atoms with van der Waals surface area (Å²) < 4.78 is 13.1. The number of aliphatic hydroxyl groups excluding tert-OH is 2. The first kappa shape index (κ1) is 26.2. The van der Waals surface area contributed by atoms with Gasteiger partial charge in [-0.25, -0.2) is 4.39 Å². The molecule has 2 aromatic carbocycles. The first-order valence-corrected chi connectivity index (χ1v) is 12.0. The molecule has 2 aromatic rings. The van der Waals surface area contributed by atoms with Gasteiger partial charge < -0.3 is 26.3 Å². The lowest BCUT2D eigenvalue weighted by molar-refractivity contribution is 0.125. The van der Waals surface area contributed by atoms with Crippen LogP contribution in [0.15, 0.2) is 36.4 Å². The van der Waals surface area contributed by atoms with Crippen molar-refractivity contribution < 1.29 is 14.6 Å². The van der Waals surface area contributed by atoms with Gasteiger partial charge in [0.1, 0.15) is 18.0 Å². The number of anilines is 3. The summed E-state index contributed by atoms with van der Waals surface area (Å²) in [4.78, 5) is 0. The molecule has 2 aliphatic rings. The zero-order valence-corrected chi connectivity index (χ0v) is 19.7. The van der Waals surface area contributed by atoms with E-state index in [1.807, 2.05) is 12.1 Å². The number of hydrazine groups is 1. The molecule has 2 fully saturated rings. The molecular weight excluding hydrogens is 447 g/mol. The van der Waals surface area contributed by atoms with Gasteiger partial charge in [-0.15, -0.1) is 0 Å². The van der Waals surface area contributed by atoms with Crippen LogP contribution in [0.5, 0.6) is 0 Å². The van der Waals surface area contributed by atoms with Crippen LogP contribution in [0.2, 0.25) is 0 Å². The second-order valence-corrected chi connectivity index (χ2v) is 9.12. The Hall–Kier alpha value is -3.37. The number of nitrogens with one attached hydrogen (secondary N) is 3. The number of halogens is 1. The lowest BCUT2D eigenvalue weighted by atomic mass is 9.93. The lowest BCUT2D eigenvalue weighted by Gasteiger charge is -2.27. The minimum Gasteiger partial charge on any atom is -0.393 e. The molecule has 2 saturated carbocycles. The number of hydrogen-bond donors (Lipinski definition) is 6. The second-order valence-electron chi connectivity index (χ2n) is 9.12. The van der Waals surface area contributed by atoms with Gasteiger partial charge in [-0.2, -0.15) is 10.5 Å². The van der Waals surface area contributed by atoms with Gasteiger partial charge in [0.2, 0.25) is 0 Å². The summed E-state index contributed by atoms with van der Waals surface area (Å²) in [6, 6.07) is 14.2. The number of nitriles is 2. The number of nitrogen functional groups attached to an aromatic ring is 1. The highest BCUT2D eigenvalue weighted by atomic mass is 19.1. The molecule has 2 aliphatic carbocycles. The molecule has 0 spiro atoms. The molecule has 0 heterocycles. The van der Waals surface area contributed by atoms with Crippen molar-refractivity contribution >= 4 is 17.1 Å². The van der Waals surface area contributed by atoms with Crippen molar-refractivity contribution in [3.05, 3.63) is 53.3 Å². The zero-order valence-electron chi connectivity index (χ0n) is 19.7. The number of aliphatic hydroxyl groups is 2. The number of rotatable bonds is 5. The van der Waals surface area contributed by atoms with Crippen LogP contribution < -0.4 is 21.9 Å².